The van der Waals surface area contributed by atoms with Crippen molar-refractivity contribution >= 4 is 11.8 Å². The smallest absolute Gasteiger partial charge is 0.251 e. The largest absolute Gasteiger partial charge is 0.493 e. The fraction of sp³-hybridized carbons (Fsp3) is 0.500. The highest BCUT2D eigenvalue weighted by atomic mass is 16.5. The Labute approximate surface area is 170 Å². The highest BCUT2D eigenvalue weighted by molar-refractivity contribution is 5.94. The second kappa shape index (κ2) is 9.90. The van der Waals surface area contributed by atoms with Gasteiger partial charge in [0, 0.05) is 57.7 Å². The van der Waals surface area contributed by atoms with E-state index in [1.165, 1.54) is 0 Å². The summed E-state index contributed by atoms with van der Waals surface area (Å²) in [5.74, 6) is 1.06. The molecule has 0 saturated carbocycles. The Morgan fingerprint density at radius 3 is 2.69 bits per heavy atom. The average Bonchev–Trinajstić information content (AvgIpc) is 3.25. The van der Waals surface area contributed by atoms with Gasteiger partial charge in [-0.25, -0.2) is 0 Å². The van der Waals surface area contributed by atoms with E-state index < -0.39 is 0 Å². The van der Waals surface area contributed by atoms with Gasteiger partial charge in [-0.05, 0) is 24.6 Å². The molecule has 0 aliphatic carbocycles. The van der Waals surface area contributed by atoms with Crippen molar-refractivity contribution in [3.63, 3.8) is 0 Å². The molecule has 1 saturated heterocycles. The van der Waals surface area contributed by atoms with Crippen molar-refractivity contribution in [2.75, 3.05) is 26.7 Å². The summed E-state index contributed by atoms with van der Waals surface area (Å²) < 4.78 is 13.2. The standard InChI is InChI=1S/C20H27N5O4/c1-15(26)24-11-6-17(7-12-24)29-18-5-4-16(14-19(18)28-2)20(27)21-8-3-10-25-13-9-22-23-25/h4-5,9,13-14,17H,3,6-8,10-12H2,1-2H3,(H,21,27). The summed E-state index contributed by atoms with van der Waals surface area (Å²) >= 11 is 0. The van der Waals surface area contributed by atoms with Gasteiger partial charge in [0.05, 0.1) is 13.3 Å². The Morgan fingerprint density at radius 2 is 2.03 bits per heavy atom. The maximum absolute atomic E-state index is 12.4. The monoisotopic (exact) mass is 401 g/mol. The number of piperidine rings is 1. The van der Waals surface area contributed by atoms with E-state index in [9.17, 15) is 9.59 Å². The Hall–Kier alpha value is -3.10. The average molecular weight is 401 g/mol. The van der Waals surface area contributed by atoms with E-state index in [1.807, 2.05) is 4.90 Å². The number of hydrogen-bond donors (Lipinski definition) is 1. The van der Waals surface area contributed by atoms with Crippen LogP contribution in [-0.2, 0) is 11.3 Å². The number of rotatable bonds is 8. The van der Waals surface area contributed by atoms with Gasteiger partial charge in [-0.2, -0.15) is 0 Å². The molecule has 1 aliphatic rings. The van der Waals surface area contributed by atoms with Crippen molar-refractivity contribution in [3.8, 4) is 11.5 Å². The lowest BCUT2D eigenvalue weighted by atomic mass is 10.1. The van der Waals surface area contributed by atoms with E-state index >= 15 is 0 Å². The van der Waals surface area contributed by atoms with Crippen LogP contribution in [0, 0.1) is 0 Å². The topological polar surface area (TPSA) is 98.6 Å². The summed E-state index contributed by atoms with van der Waals surface area (Å²) in [6, 6.07) is 5.18. The van der Waals surface area contributed by atoms with Crippen molar-refractivity contribution in [1.82, 2.24) is 25.2 Å². The summed E-state index contributed by atoms with van der Waals surface area (Å²) in [6.45, 7) is 4.20. The number of aryl methyl sites for hydroxylation is 1. The lowest BCUT2D eigenvalue weighted by Gasteiger charge is -2.31. The number of benzene rings is 1. The molecule has 2 heterocycles. The predicted octanol–water partition coefficient (Wildman–Crippen LogP) is 1.50. The fourth-order valence-corrected chi connectivity index (χ4v) is 3.27. The molecule has 1 aliphatic heterocycles. The molecular weight excluding hydrogens is 374 g/mol. The molecule has 2 aromatic rings. The molecule has 1 N–H and O–H groups in total. The molecule has 3 rings (SSSR count). The van der Waals surface area contributed by atoms with Gasteiger partial charge in [0.2, 0.25) is 5.91 Å². The van der Waals surface area contributed by atoms with Gasteiger partial charge in [-0.1, -0.05) is 5.21 Å². The van der Waals surface area contributed by atoms with Gasteiger partial charge in [-0.3, -0.25) is 14.3 Å². The van der Waals surface area contributed by atoms with Gasteiger partial charge < -0.3 is 19.7 Å². The minimum Gasteiger partial charge on any atom is -0.493 e. The van der Waals surface area contributed by atoms with Crippen LogP contribution in [0.4, 0.5) is 0 Å². The number of methoxy groups -OCH3 is 1. The first-order chi connectivity index (χ1) is 14.1. The van der Waals surface area contributed by atoms with Crippen LogP contribution in [0.1, 0.15) is 36.5 Å². The molecule has 0 unspecified atom stereocenters. The van der Waals surface area contributed by atoms with E-state index in [-0.39, 0.29) is 17.9 Å². The molecule has 0 radical (unpaired) electrons. The minimum absolute atomic E-state index is 0.0240. The normalized spacial score (nSPS) is 14.5. The maximum atomic E-state index is 12.4. The Morgan fingerprint density at radius 1 is 1.24 bits per heavy atom. The Bertz CT molecular complexity index is 816. The van der Waals surface area contributed by atoms with E-state index in [4.69, 9.17) is 9.47 Å². The first-order valence-corrected chi connectivity index (χ1v) is 9.79. The van der Waals surface area contributed by atoms with Gasteiger partial charge in [0.25, 0.3) is 5.91 Å². The molecule has 0 atom stereocenters. The Balaban J connectivity index is 1.51. The van der Waals surface area contributed by atoms with E-state index in [0.29, 0.717) is 43.2 Å². The molecule has 9 heteroatoms. The summed E-state index contributed by atoms with van der Waals surface area (Å²) in [5.41, 5.74) is 0.515. The second-order valence-corrected chi connectivity index (χ2v) is 6.96. The van der Waals surface area contributed by atoms with Crippen LogP contribution in [-0.4, -0.2) is 64.6 Å². The van der Waals surface area contributed by atoms with Crippen LogP contribution in [0.15, 0.2) is 30.6 Å². The number of nitrogens with one attached hydrogen (secondary N) is 1. The van der Waals surface area contributed by atoms with Crippen molar-refractivity contribution in [2.45, 2.75) is 38.8 Å². The third kappa shape index (κ3) is 5.69. The summed E-state index contributed by atoms with van der Waals surface area (Å²) in [6.07, 6.45) is 5.74. The third-order valence-electron chi connectivity index (χ3n) is 4.93. The quantitative estimate of drug-likeness (QED) is 0.673. The van der Waals surface area contributed by atoms with E-state index in [0.717, 1.165) is 19.3 Å². The lowest BCUT2D eigenvalue weighted by Crippen LogP contribution is -2.40. The number of amides is 2. The minimum atomic E-state index is -0.164. The van der Waals surface area contributed by atoms with Gasteiger partial charge in [-0.15, -0.1) is 5.10 Å². The zero-order valence-electron chi connectivity index (χ0n) is 16.8. The highest BCUT2D eigenvalue weighted by Gasteiger charge is 2.23. The van der Waals surface area contributed by atoms with Crippen LogP contribution in [0.2, 0.25) is 0 Å². The van der Waals surface area contributed by atoms with Crippen LogP contribution < -0.4 is 14.8 Å². The van der Waals surface area contributed by atoms with Crippen molar-refractivity contribution in [2.24, 2.45) is 0 Å². The van der Waals surface area contributed by atoms with Crippen molar-refractivity contribution in [1.29, 1.82) is 0 Å². The Kier molecular flexibility index (Phi) is 7.04. The van der Waals surface area contributed by atoms with E-state index in [1.54, 1.807) is 49.3 Å². The molecule has 1 fully saturated rings. The van der Waals surface area contributed by atoms with E-state index in [2.05, 4.69) is 15.6 Å². The van der Waals surface area contributed by atoms with Crippen LogP contribution in [0.5, 0.6) is 11.5 Å². The number of ether oxygens (including phenoxy) is 2. The molecule has 0 spiro atoms. The predicted molar refractivity (Wildman–Crippen MR) is 106 cm³/mol. The third-order valence-corrected chi connectivity index (χ3v) is 4.93. The second-order valence-electron chi connectivity index (χ2n) is 6.96. The number of likely N-dealkylation sites (tertiary alicyclic amines) is 1. The van der Waals surface area contributed by atoms with Gasteiger partial charge >= 0.3 is 0 Å². The molecule has 156 valence electrons. The maximum Gasteiger partial charge on any atom is 0.251 e. The fourth-order valence-electron chi connectivity index (χ4n) is 3.27. The van der Waals surface area contributed by atoms with Crippen LogP contribution in [0.3, 0.4) is 0 Å². The summed E-state index contributed by atoms with van der Waals surface area (Å²) in [4.78, 5) is 25.7. The number of aromatic nitrogens is 3. The van der Waals surface area contributed by atoms with Gasteiger partial charge in [0.15, 0.2) is 11.5 Å². The number of carbonyl (C=O) groups is 2. The molecule has 1 aromatic heterocycles. The number of carbonyl (C=O) groups excluding carboxylic acids is 2. The first-order valence-electron chi connectivity index (χ1n) is 9.79. The molecule has 2 amide bonds. The highest BCUT2D eigenvalue weighted by Crippen LogP contribution is 2.30. The lowest BCUT2D eigenvalue weighted by molar-refractivity contribution is -0.130. The zero-order chi connectivity index (χ0) is 20.6. The van der Waals surface area contributed by atoms with Crippen molar-refractivity contribution < 1.29 is 19.1 Å². The molecule has 29 heavy (non-hydrogen) atoms. The molecule has 1 aromatic carbocycles. The van der Waals surface area contributed by atoms with Crippen molar-refractivity contribution in [3.05, 3.63) is 36.2 Å². The molecule has 0 bridgehead atoms. The number of nitrogens with zero attached hydrogens (tertiary/aromatic N) is 4. The summed E-state index contributed by atoms with van der Waals surface area (Å²) in [7, 11) is 1.56. The molecular formula is C20H27N5O4. The van der Waals surface area contributed by atoms with Gasteiger partial charge in [0.1, 0.15) is 6.10 Å². The SMILES string of the molecule is COc1cc(C(=O)NCCCn2ccnn2)ccc1OC1CCN(C(C)=O)CC1. The number of hydrogen-bond acceptors (Lipinski definition) is 6. The molecule has 9 nitrogen and oxygen atoms in total. The zero-order valence-corrected chi connectivity index (χ0v) is 16.8. The summed E-state index contributed by atoms with van der Waals surface area (Å²) in [5, 5.41) is 10.5. The van der Waals surface area contributed by atoms with Crippen LogP contribution in [0.25, 0.3) is 0 Å². The first kappa shape index (κ1) is 20.6. The van der Waals surface area contributed by atoms with Crippen LogP contribution >= 0.6 is 0 Å².